The van der Waals surface area contributed by atoms with Crippen LogP contribution in [0.15, 0.2) is 168 Å². The molecule has 0 saturated carbocycles. The number of furan rings is 1. The Morgan fingerprint density at radius 2 is 0.875 bits per heavy atom. The van der Waals surface area contributed by atoms with Crippen LogP contribution in [0.5, 0.6) is 0 Å². The van der Waals surface area contributed by atoms with Gasteiger partial charge in [-0.2, -0.15) is 10.5 Å². The van der Waals surface area contributed by atoms with E-state index in [0.29, 0.717) is 22.5 Å². The quantitative estimate of drug-likeness (QED) is 0.183. The number of fused-ring (bicyclic) bond motifs is 13. The lowest BCUT2D eigenvalue weighted by Crippen LogP contribution is -2.05. The van der Waals surface area contributed by atoms with Gasteiger partial charge in [0.15, 0.2) is 0 Å². The molecule has 12 rings (SSSR count). The highest BCUT2D eigenvalue weighted by Crippen LogP contribution is 2.44. The van der Waals surface area contributed by atoms with E-state index in [1.165, 1.54) is 10.8 Å². The summed E-state index contributed by atoms with van der Waals surface area (Å²) in [5.74, 6) is 0. The van der Waals surface area contributed by atoms with Crippen LogP contribution >= 0.6 is 0 Å². The smallest absolute Gasteiger partial charge is 0.145 e. The highest BCUT2D eigenvalue weighted by molar-refractivity contribution is 6.24. The van der Waals surface area contributed by atoms with Crippen molar-refractivity contribution in [3.05, 3.63) is 175 Å². The molecule has 4 aromatic heterocycles. The van der Waals surface area contributed by atoms with Crippen molar-refractivity contribution in [1.29, 1.82) is 10.5 Å². The number of nitriles is 2. The average Bonchev–Trinajstić information content (AvgIpc) is 3.99. The third-order valence-corrected chi connectivity index (χ3v) is 11.5. The standard InChI is InChI=1S/C50H27N5O/c51-28-30-25-46(54-42-18-8-3-13-34(42)35-14-4-9-19-43(35)54)39(29-52)47(26-30)55-44-23-21-31(53-40-16-6-1-11-32(40)33-12-2-7-17-41(33)53)27-38(44)49-45(55)24-22-37-36-15-5-10-20-48(36)56-50(37)49/h1-27H. The molecule has 56 heavy (non-hydrogen) atoms. The number of rotatable bonds is 3. The first kappa shape index (κ1) is 30.4. The lowest BCUT2D eigenvalue weighted by Gasteiger charge is -2.16. The van der Waals surface area contributed by atoms with Gasteiger partial charge in [0.25, 0.3) is 0 Å². The van der Waals surface area contributed by atoms with Crippen molar-refractivity contribution in [3.63, 3.8) is 0 Å². The molecule has 6 nitrogen and oxygen atoms in total. The summed E-state index contributed by atoms with van der Waals surface area (Å²) in [6, 6.07) is 61.1. The predicted molar refractivity (Wildman–Crippen MR) is 226 cm³/mol. The van der Waals surface area contributed by atoms with E-state index in [9.17, 15) is 10.5 Å². The van der Waals surface area contributed by atoms with Gasteiger partial charge in [-0.15, -0.1) is 0 Å². The average molecular weight is 714 g/mol. The van der Waals surface area contributed by atoms with E-state index < -0.39 is 0 Å². The maximum absolute atomic E-state index is 11.2. The summed E-state index contributed by atoms with van der Waals surface area (Å²) in [5.41, 5.74) is 10.8. The highest BCUT2D eigenvalue weighted by Gasteiger charge is 2.25. The van der Waals surface area contributed by atoms with E-state index in [1.807, 2.05) is 54.6 Å². The second-order valence-corrected chi connectivity index (χ2v) is 14.3. The van der Waals surface area contributed by atoms with Crippen molar-refractivity contribution < 1.29 is 4.42 Å². The van der Waals surface area contributed by atoms with E-state index in [1.54, 1.807) is 0 Å². The molecular weight excluding hydrogens is 687 g/mol. The number of hydrogen-bond acceptors (Lipinski definition) is 3. The van der Waals surface area contributed by atoms with Gasteiger partial charge >= 0.3 is 0 Å². The molecule has 0 fully saturated rings. The molecule has 8 aromatic carbocycles. The zero-order valence-electron chi connectivity index (χ0n) is 29.7. The lowest BCUT2D eigenvalue weighted by molar-refractivity contribution is 0.673. The normalized spacial score (nSPS) is 11.9. The molecule has 0 N–H and O–H groups in total. The van der Waals surface area contributed by atoms with Gasteiger partial charge < -0.3 is 18.1 Å². The van der Waals surface area contributed by atoms with E-state index in [0.717, 1.165) is 82.3 Å². The Labute approximate surface area is 319 Å². The molecule has 0 aliphatic heterocycles. The Hall–Kier alpha value is -8.06. The summed E-state index contributed by atoms with van der Waals surface area (Å²) in [4.78, 5) is 0. The number of nitrogens with zero attached hydrogens (tertiary/aromatic N) is 5. The summed E-state index contributed by atoms with van der Waals surface area (Å²) >= 11 is 0. The largest absolute Gasteiger partial charge is 0.455 e. The Kier molecular flexibility index (Phi) is 6.10. The molecule has 0 bridgehead atoms. The minimum Gasteiger partial charge on any atom is -0.455 e. The zero-order chi connectivity index (χ0) is 37.1. The topological polar surface area (TPSA) is 75.5 Å². The minimum absolute atomic E-state index is 0.456. The van der Waals surface area contributed by atoms with Crippen molar-refractivity contribution in [2.45, 2.75) is 0 Å². The Balaban J connectivity index is 1.23. The van der Waals surface area contributed by atoms with Gasteiger partial charge in [0.1, 0.15) is 22.8 Å². The summed E-state index contributed by atoms with van der Waals surface area (Å²) in [5, 5.41) is 30.3. The second kappa shape index (κ2) is 11.2. The predicted octanol–water partition coefficient (Wildman–Crippen LogP) is 12.6. The summed E-state index contributed by atoms with van der Waals surface area (Å²) in [7, 11) is 0. The molecule has 0 radical (unpaired) electrons. The van der Waals surface area contributed by atoms with Crippen LogP contribution in [0.1, 0.15) is 11.1 Å². The van der Waals surface area contributed by atoms with Crippen LogP contribution in [-0.4, -0.2) is 13.7 Å². The number of benzene rings is 8. The Morgan fingerprint density at radius 1 is 0.393 bits per heavy atom. The third kappa shape index (κ3) is 3.97. The zero-order valence-corrected chi connectivity index (χ0v) is 29.7. The van der Waals surface area contributed by atoms with E-state index in [-0.39, 0.29) is 0 Å². The van der Waals surface area contributed by atoms with Crippen molar-refractivity contribution >= 4 is 87.4 Å². The van der Waals surface area contributed by atoms with E-state index >= 15 is 0 Å². The third-order valence-electron chi connectivity index (χ3n) is 11.5. The molecule has 0 saturated heterocycles. The molecule has 0 aliphatic carbocycles. The van der Waals surface area contributed by atoms with Gasteiger partial charge in [-0.3, -0.25) is 0 Å². The molecule has 0 aliphatic rings. The minimum atomic E-state index is 0.456. The van der Waals surface area contributed by atoms with Crippen molar-refractivity contribution in [1.82, 2.24) is 13.7 Å². The van der Waals surface area contributed by atoms with Crippen LogP contribution in [0.3, 0.4) is 0 Å². The van der Waals surface area contributed by atoms with Crippen molar-refractivity contribution in [2.75, 3.05) is 0 Å². The van der Waals surface area contributed by atoms with Gasteiger partial charge in [0.2, 0.25) is 0 Å². The number of hydrogen-bond donors (Lipinski definition) is 0. The molecule has 12 aromatic rings. The Bertz CT molecular complexity index is 3640. The van der Waals surface area contributed by atoms with Crippen LogP contribution in [0.25, 0.3) is 104 Å². The molecule has 0 spiro atoms. The maximum Gasteiger partial charge on any atom is 0.145 e. The molecular formula is C50H27N5O. The summed E-state index contributed by atoms with van der Waals surface area (Å²) < 4.78 is 13.3. The van der Waals surface area contributed by atoms with Crippen LogP contribution in [0.4, 0.5) is 0 Å². The first-order chi connectivity index (χ1) is 27.7. The van der Waals surface area contributed by atoms with Crippen LogP contribution in [0.2, 0.25) is 0 Å². The number of aromatic nitrogens is 3. The van der Waals surface area contributed by atoms with E-state index in [4.69, 9.17) is 4.42 Å². The van der Waals surface area contributed by atoms with Crippen LogP contribution in [-0.2, 0) is 0 Å². The fourth-order valence-electron chi connectivity index (χ4n) is 9.20. The number of para-hydroxylation sites is 5. The van der Waals surface area contributed by atoms with Crippen molar-refractivity contribution in [3.8, 4) is 29.2 Å². The van der Waals surface area contributed by atoms with Gasteiger partial charge in [0.05, 0.1) is 61.5 Å². The summed E-state index contributed by atoms with van der Waals surface area (Å²) in [6.45, 7) is 0. The van der Waals surface area contributed by atoms with Crippen LogP contribution < -0.4 is 0 Å². The molecule has 0 atom stereocenters. The Morgan fingerprint density at radius 3 is 1.45 bits per heavy atom. The van der Waals surface area contributed by atoms with Gasteiger partial charge in [-0.25, -0.2) is 0 Å². The molecule has 0 unspecified atom stereocenters. The molecule has 0 amide bonds. The maximum atomic E-state index is 11.2. The first-order valence-electron chi connectivity index (χ1n) is 18.6. The fraction of sp³-hybridized carbons (Fsp3) is 0. The van der Waals surface area contributed by atoms with Crippen LogP contribution in [0, 0.1) is 22.7 Å². The molecule has 6 heteroatoms. The lowest BCUT2D eigenvalue weighted by atomic mass is 10.1. The SMILES string of the molecule is N#Cc1cc(-n2c3ccccc3c3ccccc32)c(C#N)c(-n2c3ccc(-n4c5ccccc5c5ccccc54)cc3c3c4oc5ccccc5c4ccc32)c1. The summed E-state index contributed by atoms with van der Waals surface area (Å²) in [6.07, 6.45) is 0. The highest BCUT2D eigenvalue weighted by atomic mass is 16.3. The second-order valence-electron chi connectivity index (χ2n) is 14.3. The molecule has 4 heterocycles. The van der Waals surface area contributed by atoms with Crippen molar-refractivity contribution in [2.24, 2.45) is 0 Å². The van der Waals surface area contributed by atoms with E-state index in [2.05, 4.69) is 135 Å². The monoisotopic (exact) mass is 713 g/mol. The van der Waals surface area contributed by atoms with Gasteiger partial charge in [0, 0.05) is 43.4 Å². The first-order valence-corrected chi connectivity index (χ1v) is 18.6. The molecule has 258 valence electrons. The van der Waals surface area contributed by atoms with Gasteiger partial charge in [-0.1, -0.05) is 91.0 Å². The van der Waals surface area contributed by atoms with Gasteiger partial charge in [-0.05, 0) is 72.8 Å². The fourth-order valence-corrected chi connectivity index (χ4v) is 9.20.